The Balaban J connectivity index is 1.33. The molecule has 0 saturated heterocycles. The van der Waals surface area contributed by atoms with Gasteiger partial charge in [-0.15, -0.1) is 0 Å². The smallest absolute Gasteiger partial charge is 0.393 e. The standard InChI is InChI=1S/C29H31F3N6O2/c1-3-18-13-19(14-20-16-33-28(36-27(18)20)34-22-7-9-23(39)10-8-22)24-15-25(37-38(24)2)35-26(40)12-17-5-4-6-21(11-17)29(30,31)32/h4-6,11,13-16,22-23,39H,3,7-10,12H2,1-2H3,(H,33,34,36)(H,35,37,40)/t22-,23-. The molecule has 0 bridgehead atoms. The van der Waals surface area contributed by atoms with Crippen LogP contribution in [0.1, 0.15) is 49.3 Å². The molecule has 2 aromatic heterocycles. The van der Waals surface area contributed by atoms with E-state index in [1.165, 1.54) is 12.1 Å². The predicted octanol–water partition coefficient (Wildman–Crippen LogP) is 5.51. The van der Waals surface area contributed by atoms with E-state index < -0.39 is 17.6 Å². The quantitative estimate of drug-likeness (QED) is 0.279. The van der Waals surface area contributed by atoms with Crippen molar-refractivity contribution in [2.45, 2.75) is 63.8 Å². The maximum Gasteiger partial charge on any atom is 0.416 e. The Hall–Kier alpha value is -3.99. The maximum atomic E-state index is 13.0. The van der Waals surface area contributed by atoms with Crippen molar-refractivity contribution >= 4 is 28.6 Å². The molecule has 3 N–H and O–H groups in total. The van der Waals surface area contributed by atoms with Crippen molar-refractivity contribution in [3.05, 3.63) is 65.4 Å². The molecule has 1 aliphatic carbocycles. The van der Waals surface area contributed by atoms with Crippen LogP contribution in [0.2, 0.25) is 0 Å². The van der Waals surface area contributed by atoms with Crippen LogP contribution in [-0.2, 0) is 30.9 Å². The summed E-state index contributed by atoms with van der Waals surface area (Å²) in [7, 11) is 1.76. The van der Waals surface area contributed by atoms with E-state index in [2.05, 4.69) is 27.6 Å². The third-order valence-corrected chi connectivity index (χ3v) is 7.23. The highest BCUT2D eigenvalue weighted by Crippen LogP contribution is 2.31. The van der Waals surface area contributed by atoms with Crippen molar-refractivity contribution in [2.24, 2.45) is 7.05 Å². The molecule has 210 valence electrons. The average molecular weight is 553 g/mol. The number of aliphatic hydroxyl groups is 1. The Labute approximate surface area is 229 Å². The summed E-state index contributed by atoms with van der Waals surface area (Å²) in [5.41, 5.74) is 3.00. The highest BCUT2D eigenvalue weighted by molar-refractivity contribution is 5.92. The largest absolute Gasteiger partial charge is 0.416 e. The van der Waals surface area contributed by atoms with Crippen molar-refractivity contribution in [1.82, 2.24) is 19.7 Å². The lowest BCUT2D eigenvalue weighted by Gasteiger charge is -2.26. The van der Waals surface area contributed by atoms with Crippen molar-refractivity contribution in [3.63, 3.8) is 0 Å². The number of carbonyl (C=O) groups excluding carboxylic acids is 1. The van der Waals surface area contributed by atoms with Gasteiger partial charge in [0.2, 0.25) is 11.9 Å². The summed E-state index contributed by atoms with van der Waals surface area (Å²) in [6, 6.07) is 10.7. The lowest BCUT2D eigenvalue weighted by atomic mass is 9.93. The van der Waals surface area contributed by atoms with Gasteiger partial charge in [0.25, 0.3) is 0 Å². The van der Waals surface area contributed by atoms with E-state index in [0.29, 0.717) is 11.8 Å². The van der Waals surface area contributed by atoms with Gasteiger partial charge >= 0.3 is 6.18 Å². The molecular weight excluding hydrogens is 521 g/mol. The number of aromatic nitrogens is 4. The van der Waals surface area contributed by atoms with Crippen LogP contribution < -0.4 is 10.6 Å². The number of halogens is 3. The summed E-state index contributed by atoms with van der Waals surface area (Å²) in [6.07, 6.45) is 0.928. The van der Waals surface area contributed by atoms with Crippen LogP contribution in [0.25, 0.3) is 22.2 Å². The number of alkyl halides is 3. The van der Waals surface area contributed by atoms with Gasteiger partial charge < -0.3 is 15.7 Å². The number of hydrogen-bond acceptors (Lipinski definition) is 6. The first-order valence-electron chi connectivity index (χ1n) is 13.3. The Bertz CT molecular complexity index is 1530. The summed E-state index contributed by atoms with van der Waals surface area (Å²) in [4.78, 5) is 21.9. The lowest BCUT2D eigenvalue weighted by Crippen LogP contribution is -2.28. The molecule has 0 unspecified atom stereocenters. The molecule has 1 amide bonds. The first kappa shape index (κ1) is 27.6. The van der Waals surface area contributed by atoms with E-state index in [1.54, 1.807) is 24.0 Å². The second kappa shape index (κ2) is 11.2. The van der Waals surface area contributed by atoms with Crippen LogP contribution in [0, 0.1) is 0 Å². The van der Waals surface area contributed by atoms with Crippen LogP contribution in [0.15, 0.2) is 48.7 Å². The number of anilines is 2. The molecule has 0 radical (unpaired) electrons. The number of nitrogens with zero attached hydrogens (tertiary/aromatic N) is 4. The lowest BCUT2D eigenvalue weighted by molar-refractivity contribution is -0.137. The number of amides is 1. The number of carbonyl (C=O) groups is 1. The first-order valence-corrected chi connectivity index (χ1v) is 13.3. The zero-order valence-corrected chi connectivity index (χ0v) is 22.3. The van der Waals surface area contributed by atoms with E-state index in [1.807, 2.05) is 12.1 Å². The van der Waals surface area contributed by atoms with Gasteiger partial charge in [-0.2, -0.15) is 18.3 Å². The molecule has 2 aromatic carbocycles. The summed E-state index contributed by atoms with van der Waals surface area (Å²) in [6.45, 7) is 2.05. The van der Waals surface area contributed by atoms with Gasteiger partial charge in [-0.25, -0.2) is 9.97 Å². The number of aryl methyl sites for hydroxylation is 2. The summed E-state index contributed by atoms with van der Waals surface area (Å²) in [5, 5.41) is 21.1. The second-order valence-corrected chi connectivity index (χ2v) is 10.2. The minimum atomic E-state index is -4.47. The molecule has 0 spiro atoms. The SMILES string of the molecule is CCc1cc(-c2cc(NC(=O)Cc3cccc(C(F)(F)F)c3)nn2C)cc2cnc(N[C@H]3CC[C@H](O)CC3)nc12. The zero-order chi connectivity index (χ0) is 28.4. The van der Waals surface area contributed by atoms with E-state index in [4.69, 9.17) is 4.98 Å². The molecule has 5 rings (SSSR count). The van der Waals surface area contributed by atoms with Crippen molar-refractivity contribution in [3.8, 4) is 11.3 Å². The fraction of sp³-hybridized carbons (Fsp3) is 0.379. The fourth-order valence-electron chi connectivity index (χ4n) is 5.14. The Morgan fingerprint density at radius 2 is 1.90 bits per heavy atom. The normalized spacial score (nSPS) is 17.6. The van der Waals surface area contributed by atoms with Gasteiger partial charge in [0.1, 0.15) is 0 Å². The zero-order valence-electron chi connectivity index (χ0n) is 22.3. The number of benzene rings is 2. The molecule has 11 heteroatoms. The Morgan fingerprint density at radius 1 is 1.12 bits per heavy atom. The molecule has 1 aliphatic rings. The fourth-order valence-corrected chi connectivity index (χ4v) is 5.14. The highest BCUT2D eigenvalue weighted by Gasteiger charge is 2.30. The number of fused-ring (bicyclic) bond motifs is 1. The molecule has 2 heterocycles. The molecule has 8 nitrogen and oxygen atoms in total. The molecule has 0 aliphatic heterocycles. The minimum absolute atomic E-state index is 0.207. The molecule has 1 fully saturated rings. The second-order valence-electron chi connectivity index (χ2n) is 10.2. The third-order valence-electron chi connectivity index (χ3n) is 7.23. The van der Waals surface area contributed by atoms with Crippen molar-refractivity contribution in [2.75, 3.05) is 10.6 Å². The first-order chi connectivity index (χ1) is 19.1. The van der Waals surface area contributed by atoms with Crippen LogP contribution in [0.3, 0.4) is 0 Å². The molecule has 40 heavy (non-hydrogen) atoms. The van der Waals surface area contributed by atoms with Gasteiger partial charge in [0.15, 0.2) is 5.82 Å². The molecule has 1 saturated carbocycles. The minimum Gasteiger partial charge on any atom is -0.393 e. The molecular formula is C29H31F3N6O2. The van der Waals surface area contributed by atoms with Gasteiger partial charge in [0, 0.05) is 36.3 Å². The maximum absolute atomic E-state index is 13.0. The average Bonchev–Trinajstić information content (AvgIpc) is 3.28. The van der Waals surface area contributed by atoms with E-state index in [-0.39, 0.29) is 24.1 Å². The molecule has 4 aromatic rings. The Morgan fingerprint density at radius 3 is 2.62 bits per heavy atom. The monoisotopic (exact) mass is 552 g/mol. The summed E-state index contributed by atoms with van der Waals surface area (Å²) >= 11 is 0. The molecule has 0 atom stereocenters. The van der Waals surface area contributed by atoms with Crippen LogP contribution in [0.4, 0.5) is 24.9 Å². The topological polar surface area (TPSA) is 105 Å². The summed E-state index contributed by atoms with van der Waals surface area (Å²) < 4.78 is 40.7. The number of aliphatic hydroxyl groups excluding tert-OH is 1. The van der Waals surface area contributed by atoms with Gasteiger partial charge in [-0.1, -0.05) is 25.1 Å². The van der Waals surface area contributed by atoms with Crippen LogP contribution in [0.5, 0.6) is 0 Å². The number of nitrogens with one attached hydrogen (secondary N) is 2. The third kappa shape index (κ3) is 6.25. The van der Waals surface area contributed by atoms with Gasteiger partial charge in [-0.05, 0) is 61.4 Å². The number of rotatable bonds is 7. The Kier molecular flexibility index (Phi) is 7.75. The van der Waals surface area contributed by atoms with Gasteiger partial charge in [-0.3, -0.25) is 9.48 Å². The predicted molar refractivity (Wildman–Crippen MR) is 147 cm³/mol. The van der Waals surface area contributed by atoms with E-state index in [0.717, 1.165) is 72.0 Å². The van der Waals surface area contributed by atoms with Gasteiger partial charge in [0.05, 0.1) is 29.3 Å². The highest BCUT2D eigenvalue weighted by atomic mass is 19.4. The number of hydrogen-bond donors (Lipinski definition) is 3. The van der Waals surface area contributed by atoms with Crippen LogP contribution in [-0.4, -0.2) is 42.9 Å². The van der Waals surface area contributed by atoms with E-state index in [9.17, 15) is 23.1 Å². The van der Waals surface area contributed by atoms with Crippen molar-refractivity contribution in [1.29, 1.82) is 0 Å². The van der Waals surface area contributed by atoms with Crippen molar-refractivity contribution < 1.29 is 23.1 Å². The van der Waals surface area contributed by atoms with Crippen LogP contribution >= 0.6 is 0 Å². The summed E-state index contributed by atoms with van der Waals surface area (Å²) in [5.74, 6) is 0.418. The van der Waals surface area contributed by atoms with E-state index >= 15 is 0 Å².